The summed E-state index contributed by atoms with van der Waals surface area (Å²) >= 11 is 0. The van der Waals surface area contributed by atoms with Crippen LogP contribution in [-0.2, 0) is 11.3 Å². The van der Waals surface area contributed by atoms with Crippen molar-refractivity contribution < 1.29 is 9.59 Å². The number of likely N-dealkylation sites (tertiary alicyclic amines) is 1. The molecule has 29 heavy (non-hydrogen) atoms. The molecular formula is C23H24N4O2. The maximum atomic E-state index is 12.9. The second kappa shape index (κ2) is 8.73. The lowest BCUT2D eigenvalue weighted by atomic mass is 9.96. The van der Waals surface area contributed by atoms with Gasteiger partial charge in [0.15, 0.2) is 0 Å². The molecule has 0 bridgehead atoms. The SMILES string of the molecule is O=C(Nc1ccccc1)C1CCCN(C(=O)c2ccc(Cn3cccn3)cc2)C1. The van der Waals surface area contributed by atoms with E-state index >= 15 is 0 Å². The molecule has 1 aliphatic heterocycles. The molecule has 3 aromatic rings. The van der Waals surface area contributed by atoms with E-state index in [1.807, 2.05) is 71.5 Å². The predicted molar refractivity (Wildman–Crippen MR) is 111 cm³/mol. The molecular weight excluding hydrogens is 364 g/mol. The fourth-order valence-electron chi connectivity index (χ4n) is 3.66. The third-order valence-corrected chi connectivity index (χ3v) is 5.23. The number of anilines is 1. The van der Waals surface area contributed by atoms with Crippen LogP contribution in [0.1, 0.15) is 28.8 Å². The molecule has 1 unspecified atom stereocenters. The second-order valence-corrected chi connectivity index (χ2v) is 7.35. The zero-order chi connectivity index (χ0) is 20.1. The molecule has 1 atom stereocenters. The van der Waals surface area contributed by atoms with Crippen molar-refractivity contribution >= 4 is 17.5 Å². The zero-order valence-electron chi connectivity index (χ0n) is 16.2. The number of hydrogen-bond donors (Lipinski definition) is 1. The summed E-state index contributed by atoms with van der Waals surface area (Å²) in [5, 5.41) is 7.16. The van der Waals surface area contributed by atoms with Crippen molar-refractivity contribution in [1.29, 1.82) is 0 Å². The van der Waals surface area contributed by atoms with Crippen LogP contribution in [0.15, 0.2) is 73.1 Å². The van der Waals surface area contributed by atoms with Gasteiger partial charge in [0.1, 0.15) is 0 Å². The summed E-state index contributed by atoms with van der Waals surface area (Å²) in [5.74, 6) is -0.233. The first-order valence-corrected chi connectivity index (χ1v) is 9.90. The number of rotatable bonds is 5. The third kappa shape index (κ3) is 4.71. The average Bonchev–Trinajstić information content (AvgIpc) is 3.28. The lowest BCUT2D eigenvalue weighted by Crippen LogP contribution is -2.43. The molecule has 1 aromatic heterocycles. The minimum Gasteiger partial charge on any atom is -0.338 e. The maximum Gasteiger partial charge on any atom is 0.253 e. The van der Waals surface area contributed by atoms with E-state index in [0.717, 1.165) is 24.1 Å². The second-order valence-electron chi connectivity index (χ2n) is 7.35. The van der Waals surface area contributed by atoms with Gasteiger partial charge in [0, 0.05) is 36.7 Å². The summed E-state index contributed by atoms with van der Waals surface area (Å²) in [5.41, 5.74) is 2.52. The Labute approximate surface area is 170 Å². The molecule has 2 amide bonds. The largest absolute Gasteiger partial charge is 0.338 e. The zero-order valence-corrected chi connectivity index (χ0v) is 16.2. The highest BCUT2D eigenvalue weighted by molar-refractivity contribution is 5.96. The molecule has 1 fully saturated rings. The van der Waals surface area contributed by atoms with Gasteiger partial charge in [0.2, 0.25) is 5.91 Å². The van der Waals surface area contributed by atoms with Crippen molar-refractivity contribution in [3.05, 3.63) is 84.2 Å². The lowest BCUT2D eigenvalue weighted by molar-refractivity contribution is -0.121. The van der Waals surface area contributed by atoms with Crippen molar-refractivity contribution in [3.8, 4) is 0 Å². The van der Waals surface area contributed by atoms with Crippen LogP contribution in [0, 0.1) is 5.92 Å². The van der Waals surface area contributed by atoms with Gasteiger partial charge in [-0.25, -0.2) is 0 Å². The maximum absolute atomic E-state index is 12.9. The summed E-state index contributed by atoms with van der Waals surface area (Å²) < 4.78 is 1.84. The number of aromatic nitrogens is 2. The predicted octanol–water partition coefficient (Wildman–Crippen LogP) is 3.42. The first-order chi connectivity index (χ1) is 14.2. The first kappa shape index (κ1) is 18.9. The van der Waals surface area contributed by atoms with Gasteiger partial charge >= 0.3 is 0 Å². The first-order valence-electron chi connectivity index (χ1n) is 9.90. The number of para-hydroxylation sites is 1. The molecule has 1 aliphatic rings. The van der Waals surface area contributed by atoms with Gasteiger partial charge in [0.25, 0.3) is 5.91 Å². The highest BCUT2D eigenvalue weighted by Gasteiger charge is 2.29. The van der Waals surface area contributed by atoms with E-state index in [1.165, 1.54) is 0 Å². The Kier molecular flexibility index (Phi) is 5.70. The topological polar surface area (TPSA) is 67.2 Å². The molecule has 1 N–H and O–H groups in total. The van der Waals surface area contributed by atoms with E-state index in [4.69, 9.17) is 0 Å². The summed E-state index contributed by atoms with van der Waals surface area (Å²) in [6, 6.07) is 18.9. The van der Waals surface area contributed by atoms with Crippen molar-refractivity contribution in [1.82, 2.24) is 14.7 Å². The molecule has 0 spiro atoms. The van der Waals surface area contributed by atoms with Crippen molar-refractivity contribution in [2.75, 3.05) is 18.4 Å². The Balaban J connectivity index is 1.37. The monoisotopic (exact) mass is 388 g/mol. The average molecular weight is 388 g/mol. The Bertz CT molecular complexity index is 952. The Morgan fingerprint density at radius 2 is 1.83 bits per heavy atom. The van der Waals surface area contributed by atoms with Gasteiger partial charge in [-0.3, -0.25) is 14.3 Å². The van der Waals surface area contributed by atoms with Crippen LogP contribution in [0.25, 0.3) is 0 Å². The van der Waals surface area contributed by atoms with Gasteiger partial charge in [-0.1, -0.05) is 30.3 Å². The summed E-state index contributed by atoms with van der Waals surface area (Å²) in [6.07, 6.45) is 5.29. The third-order valence-electron chi connectivity index (χ3n) is 5.23. The van der Waals surface area contributed by atoms with Gasteiger partial charge < -0.3 is 10.2 Å². The summed E-state index contributed by atoms with van der Waals surface area (Å²) in [6.45, 7) is 1.81. The van der Waals surface area contributed by atoms with Crippen LogP contribution in [0.3, 0.4) is 0 Å². The van der Waals surface area contributed by atoms with Crippen LogP contribution < -0.4 is 5.32 Å². The highest BCUT2D eigenvalue weighted by atomic mass is 16.2. The normalized spacial score (nSPS) is 16.4. The Morgan fingerprint density at radius 3 is 2.55 bits per heavy atom. The number of benzene rings is 2. The molecule has 1 saturated heterocycles. The number of carbonyl (C=O) groups is 2. The number of nitrogens with zero attached hydrogens (tertiary/aromatic N) is 3. The smallest absolute Gasteiger partial charge is 0.253 e. The number of hydrogen-bond acceptors (Lipinski definition) is 3. The van der Waals surface area contributed by atoms with Crippen LogP contribution in [0.5, 0.6) is 0 Å². The lowest BCUT2D eigenvalue weighted by Gasteiger charge is -2.32. The Hall–Kier alpha value is -3.41. The van der Waals surface area contributed by atoms with Crippen molar-refractivity contribution in [2.45, 2.75) is 19.4 Å². The number of carbonyl (C=O) groups excluding carboxylic acids is 2. The molecule has 148 valence electrons. The minimum absolute atomic E-state index is 0.0205. The van der Waals surface area contributed by atoms with Gasteiger partial charge in [-0.15, -0.1) is 0 Å². The number of amides is 2. The molecule has 6 nitrogen and oxygen atoms in total. The van der Waals surface area contributed by atoms with Gasteiger partial charge in [-0.05, 0) is 48.7 Å². The van der Waals surface area contributed by atoms with E-state index in [0.29, 0.717) is 25.2 Å². The number of nitrogens with one attached hydrogen (secondary N) is 1. The van der Waals surface area contributed by atoms with E-state index in [1.54, 1.807) is 11.1 Å². The van der Waals surface area contributed by atoms with E-state index in [-0.39, 0.29) is 17.7 Å². The molecule has 6 heteroatoms. The highest BCUT2D eigenvalue weighted by Crippen LogP contribution is 2.21. The fraction of sp³-hybridized carbons (Fsp3) is 0.261. The van der Waals surface area contributed by atoms with Crippen LogP contribution in [0.2, 0.25) is 0 Å². The van der Waals surface area contributed by atoms with E-state index < -0.39 is 0 Å². The molecule has 4 rings (SSSR count). The van der Waals surface area contributed by atoms with E-state index in [9.17, 15) is 9.59 Å². The summed E-state index contributed by atoms with van der Waals surface area (Å²) in [4.78, 5) is 27.3. The molecule has 0 radical (unpaired) electrons. The minimum atomic E-state index is -0.188. The fourth-order valence-corrected chi connectivity index (χ4v) is 3.66. The van der Waals surface area contributed by atoms with E-state index in [2.05, 4.69) is 10.4 Å². The van der Waals surface area contributed by atoms with Crippen molar-refractivity contribution in [3.63, 3.8) is 0 Å². The van der Waals surface area contributed by atoms with Gasteiger partial charge in [-0.2, -0.15) is 5.10 Å². The van der Waals surface area contributed by atoms with Gasteiger partial charge in [0.05, 0.1) is 12.5 Å². The van der Waals surface area contributed by atoms with Crippen LogP contribution in [0.4, 0.5) is 5.69 Å². The quantitative estimate of drug-likeness (QED) is 0.728. The molecule has 0 saturated carbocycles. The van der Waals surface area contributed by atoms with Crippen LogP contribution >= 0.6 is 0 Å². The Morgan fingerprint density at radius 1 is 1.03 bits per heavy atom. The van der Waals surface area contributed by atoms with Crippen molar-refractivity contribution in [2.24, 2.45) is 5.92 Å². The molecule has 0 aliphatic carbocycles. The molecule has 2 aromatic carbocycles. The number of piperidine rings is 1. The van der Waals surface area contributed by atoms with Crippen LogP contribution in [-0.4, -0.2) is 39.6 Å². The summed E-state index contributed by atoms with van der Waals surface area (Å²) in [7, 11) is 0. The molecule has 2 heterocycles. The standard InChI is InChI=1S/C23H24N4O2/c28-22(25-21-7-2-1-3-8-21)20-6-4-14-26(17-20)23(29)19-11-9-18(10-12-19)16-27-15-5-13-24-27/h1-3,5,7-13,15,20H,4,6,14,16-17H2,(H,25,28).